The number of hydrogen-bond donors (Lipinski definition) is 0. The molecule has 17 heavy (non-hydrogen) atoms. The number of nitriles is 1. The highest BCUT2D eigenvalue weighted by molar-refractivity contribution is 8.23. The predicted octanol–water partition coefficient (Wildman–Crippen LogP) is 3.36. The zero-order valence-electron chi connectivity index (χ0n) is 9.09. The summed E-state index contributed by atoms with van der Waals surface area (Å²) in [6.45, 7) is 0. The molecular weight excluding hydrogens is 270 g/mol. The van der Waals surface area contributed by atoms with Crippen molar-refractivity contribution in [3.8, 4) is 6.07 Å². The Kier molecular flexibility index (Phi) is 4.72. The van der Waals surface area contributed by atoms with Crippen LogP contribution in [0.15, 0.2) is 44.4 Å². The second-order valence-corrected chi connectivity index (χ2v) is 7.25. The molecule has 1 heterocycles. The summed E-state index contributed by atoms with van der Waals surface area (Å²) in [6, 6.07) is 11.3. The van der Waals surface area contributed by atoms with Crippen molar-refractivity contribution < 1.29 is 4.21 Å². The lowest BCUT2D eigenvalue weighted by Crippen LogP contribution is -2.00. The van der Waals surface area contributed by atoms with Crippen molar-refractivity contribution in [3.05, 3.63) is 39.5 Å². The van der Waals surface area contributed by atoms with Gasteiger partial charge in [0.05, 0.1) is 15.0 Å². The Labute approximate surface area is 112 Å². The van der Waals surface area contributed by atoms with E-state index < -0.39 is 10.8 Å². The fourth-order valence-corrected chi connectivity index (χ4v) is 5.39. The normalized spacial score (nSPS) is 17.2. The fraction of sp³-hybridized carbons (Fsp3) is 0.250. The highest BCUT2D eigenvalue weighted by Crippen LogP contribution is 2.38. The van der Waals surface area contributed by atoms with Crippen molar-refractivity contribution in [2.45, 2.75) is 11.3 Å². The van der Waals surface area contributed by atoms with Gasteiger partial charge in [-0.2, -0.15) is 5.26 Å². The molecule has 1 atom stereocenters. The Balaban J connectivity index is 2.31. The summed E-state index contributed by atoms with van der Waals surface area (Å²) >= 11 is 3.29. The lowest BCUT2D eigenvalue weighted by Gasteiger charge is -2.14. The molecule has 2 rings (SSSR count). The van der Waals surface area contributed by atoms with Gasteiger partial charge >= 0.3 is 0 Å². The van der Waals surface area contributed by atoms with Crippen LogP contribution in [0.5, 0.6) is 0 Å². The molecule has 1 aliphatic heterocycles. The van der Waals surface area contributed by atoms with E-state index in [9.17, 15) is 9.47 Å². The summed E-state index contributed by atoms with van der Waals surface area (Å²) < 4.78 is 13.2. The first-order chi connectivity index (χ1) is 8.33. The molecule has 0 aromatic heterocycles. The lowest BCUT2D eigenvalue weighted by molar-refractivity contribution is 0.687. The van der Waals surface area contributed by atoms with E-state index in [-0.39, 0.29) is 0 Å². The Hall–Kier alpha value is -0.700. The Morgan fingerprint density at radius 2 is 1.88 bits per heavy atom. The maximum atomic E-state index is 12.3. The highest BCUT2D eigenvalue weighted by Gasteiger charge is 2.18. The monoisotopic (exact) mass is 281 g/mol. The average molecular weight is 281 g/mol. The summed E-state index contributed by atoms with van der Waals surface area (Å²) in [5.41, 5.74) is 0. The summed E-state index contributed by atoms with van der Waals surface area (Å²) in [6.07, 6.45) is 1.15. The van der Waals surface area contributed by atoms with Crippen LogP contribution in [0.4, 0.5) is 0 Å². The number of hydrogen-bond acceptors (Lipinski definition) is 4. The molecule has 1 aromatic rings. The Morgan fingerprint density at radius 3 is 2.47 bits per heavy atom. The van der Waals surface area contributed by atoms with E-state index >= 15 is 0 Å². The van der Waals surface area contributed by atoms with E-state index in [0.717, 1.165) is 22.2 Å². The van der Waals surface area contributed by atoms with E-state index in [4.69, 9.17) is 0 Å². The minimum absolute atomic E-state index is 0.408. The molecule has 0 radical (unpaired) electrons. The maximum Gasteiger partial charge on any atom is 0.141 e. The van der Waals surface area contributed by atoms with Crippen molar-refractivity contribution in [2.24, 2.45) is 0 Å². The molecule has 0 saturated carbocycles. The molecule has 88 valence electrons. The average Bonchev–Trinajstić information content (AvgIpc) is 2.42. The molecule has 0 spiro atoms. The Morgan fingerprint density at radius 1 is 1.24 bits per heavy atom. The van der Waals surface area contributed by atoms with Gasteiger partial charge in [-0.1, -0.05) is 18.2 Å². The molecule has 5 heteroatoms. The van der Waals surface area contributed by atoms with Crippen LogP contribution in [-0.2, 0) is 10.8 Å². The molecule has 0 aliphatic carbocycles. The molecule has 2 nitrogen and oxygen atoms in total. The van der Waals surface area contributed by atoms with Gasteiger partial charge in [-0.3, -0.25) is 0 Å². The van der Waals surface area contributed by atoms with E-state index in [1.165, 1.54) is 0 Å². The van der Waals surface area contributed by atoms with Gasteiger partial charge in [0.15, 0.2) is 0 Å². The smallest absolute Gasteiger partial charge is 0.141 e. The number of allylic oxidation sites excluding steroid dienone is 1. The fourth-order valence-electron chi connectivity index (χ4n) is 1.39. The Bertz CT molecular complexity index is 482. The topological polar surface area (TPSA) is 40.9 Å². The van der Waals surface area contributed by atoms with Crippen LogP contribution in [0, 0.1) is 11.3 Å². The van der Waals surface area contributed by atoms with Gasteiger partial charge in [0, 0.05) is 4.90 Å². The summed E-state index contributed by atoms with van der Waals surface area (Å²) in [7, 11) is -1.34. The van der Waals surface area contributed by atoms with Crippen LogP contribution in [0.2, 0.25) is 0 Å². The predicted molar refractivity (Wildman–Crippen MR) is 75.0 cm³/mol. The molecule has 1 saturated heterocycles. The summed E-state index contributed by atoms with van der Waals surface area (Å²) in [4.78, 5) is 1.11. The van der Waals surface area contributed by atoms with Crippen molar-refractivity contribution in [2.75, 3.05) is 11.5 Å². The molecule has 1 aliphatic rings. The van der Waals surface area contributed by atoms with E-state index in [2.05, 4.69) is 6.07 Å². The van der Waals surface area contributed by atoms with Crippen LogP contribution in [0.25, 0.3) is 0 Å². The second-order valence-electron chi connectivity index (χ2n) is 3.36. The first kappa shape index (κ1) is 12.7. The number of nitrogens with zero attached hydrogens (tertiary/aromatic N) is 1. The van der Waals surface area contributed by atoms with Gasteiger partial charge < -0.3 is 0 Å². The maximum absolute atomic E-state index is 12.3. The van der Waals surface area contributed by atoms with E-state index in [1.807, 2.05) is 18.2 Å². The minimum atomic E-state index is -1.34. The third-order valence-corrected chi connectivity index (χ3v) is 6.43. The standard InChI is InChI=1S/C12H11NOS3/c13-9-11(12-15-7-4-8-16-12)17(14)10-5-2-1-3-6-10/h1-3,5-6H,4,7-8H2. The second kappa shape index (κ2) is 6.29. The first-order valence-electron chi connectivity index (χ1n) is 5.19. The van der Waals surface area contributed by atoms with Crippen LogP contribution in [0.1, 0.15) is 6.42 Å². The third-order valence-electron chi connectivity index (χ3n) is 2.18. The van der Waals surface area contributed by atoms with Crippen molar-refractivity contribution >= 4 is 34.3 Å². The van der Waals surface area contributed by atoms with E-state index in [0.29, 0.717) is 9.80 Å². The van der Waals surface area contributed by atoms with Gasteiger partial charge in [-0.05, 0) is 30.1 Å². The van der Waals surface area contributed by atoms with Gasteiger partial charge in [0.25, 0.3) is 0 Å². The zero-order chi connectivity index (χ0) is 12.1. The van der Waals surface area contributed by atoms with Crippen molar-refractivity contribution in [1.82, 2.24) is 0 Å². The van der Waals surface area contributed by atoms with Crippen LogP contribution in [0.3, 0.4) is 0 Å². The van der Waals surface area contributed by atoms with Gasteiger partial charge in [-0.25, -0.2) is 4.21 Å². The number of thioether (sulfide) groups is 2. The van der Waals surface area contributed by atoms with Crippen molar-refractivity contribution in [3.63, 3.8) is 0 Å². The van der Waals surface area contributed by atoms with Crippen LogP contribution < -0.4 is 0 Å². The summed E-state index contributed by atoms with van der Waals surface area (Å²) in [5.74, 6) is 2.03. The van der Waals surface area contributed by atoms with Crippen molar-refractivity contribution in [1.29, 1.82) is 5.26 Å². The molecule has 0 amide bonds. The molecule has 1 aromatic carbocycles. The molecular formula is C12H11NOS3. The van der Waals surface area contributed by atoms with E-state index in [1.54, 1.807) is 35.7 Å². The SMILES string of the molecule is N#CC(=C1SCCCS1)S(=O)c1ccccc1. The first-order valence-corrected chi connectivity index (χ1v) is 8.32. The van der Waals surface area contributed by atoms with Crippen LogP contribution in [-0.4, -0.2) is 15.7 Å². The quantitative estimate of drug-likeness (QED) is 0.779. The molecule has 1 unspecified atom stereocenters. The number of rotatable bonds is 2. The lowest BCUT2D eigenvalue weighted by atomic mass is 10.4. The summed E-state index contributed by atoms with van der Waals surface area (Å²) in [5, 5.41) is 9.18. The van der Waals surface area contributed by atoms with Crippen LogP contribution >= 0.6 is 23.5 Å². The minimum Gasteiger partial charge on any atom is -0.248 e. The highest BCUT2D eigenvalue weighted by atomic mass is 32.2. The largest absolute Gasteiger partial charge is 0.248 e. The van der Waals surface area contributed by atoms with Gasteiger partial charge in [-0.15, -0.1) is 23.5 Å². The number of benzene rings is 1. The molecule has 0 bridgehead atoms. The van der Waals surface area contributed by atoms with Gasteiger partial charge in [0.2, 0.25) is 0 Å². The molecule has 0 N–H and O–H groups in total. The van der Waals surface area contributed by atoms with Gasteiger partial charge in [0.1, 0.15) is 11.0 Å². The molecule has 1 fully saturated rings. The third kappa shape index (κ3) is 3.15. The zero-order valence-corrected chi connectivity index (χ0v) is 11.5.